The molecule has 0 radical (unpaired) electrons. The first-order valence-corrected chi connectivity index (χ1v) is 6.16. The van der Waals surface area contributed by atoms with Crippen molar-refractivity contribution in [3.05, 3.63) is 59.2 Å². The number of nitrogens with zero attached hydrogens (tertiary/aromatic N) is 1. The maximum atomic E-state index is 12.8. The van der Waals surface area contributed by atoms with Gasteiger partial charge in [0.1, 0.15) is 11.5 Å². The second kappa shape index (κ2) is 5.69. The van der Waals surface area contributed by atoms with Crippen molar-refractivity contribution in [2.75, 3.05) is 7.05 Å². The number of halogens is 1. The molecule has 20 heavy (non-hydrogen) atoms. The van der Waals surface area contributed by atoms with Crippen molar-refractivity contribution in [3.8, 4) is 0 Å². The lowest BCUT2D eigenvalue weighted by molar-refractivity contribution is 0.0780. The molecule has 0 atom stereocenters. The molecule has 0 aliphatic heterocycles. The third-order valence-electron chi connectivity index (χ3n) is 3.00. The number of carbonyl (C=O) groups is 2. The second-order valence-electron chi connectivity index (χ2n) is 4.65. The lowest BCUT2D eigenvalue weighted by atomic mass is 10.2. The molecule has 1 aromatic heterocycles. The summed E-state index contributed by atoms with van der Waals surface area (Å²) in [5.41, 5.74) is 1.67. The van der Waals surface area contributed by atoms with Crippen molar-refractivity contribution < 1.29 is 14.0 Å². The Morgan fingerprint density at radius 1 is 1.25 bits per heavy atom. The number of benzene rings is 1. The molecule has 2 aromatic rings. The molecule has 0 unspecified atom stereocenters. The minimum atomic E-state index is -0.307. The van der Waals surface area contributed by atoms with Gasteiger partial charge in [-0.1, -0.05) is 12.1 Å². The number of carbonyl (C=O) groups excluding carboxylic acids is 2. The maximum Gasteiger partial charge on any atom is 0.270 e. The van der Waals surface area contributed by atoms with Gasteiger partial charge in [-0.05, 0) is 30.7 Å². The third kappa shape index (κ3) is 3.12. The number of nitrogens with one attached hydrogen (secondary N) is 1. The van der Waals surface area contributed by atoms with E-state index < -0.39 is 0 Å². The van der Waals surface area contributed by atoms with Crippen molar-refractivity contribution in [2.45, 2.75) is 13.5 Å². The Kier molecular flexibility index (Phi) is 3.98. The SMILES string of the molecule is CC(=O)c1c[nH]c(C(=O)N(C)Cc2ccc(F)cc2)c1. The quantitative estimate of drug-likeness (QED) is 0.871. The van der Waals surface area contributed by atoms with Gasteiger partial charge in [-0.15, -0.1) is 0 Å². The van der Waals surface area contributed by atoms with E-state index in [0.717, 1.165) is 5.56 Å². The van der Waals surface area contributed by atoms with Crippen molar-refractivity contribution in [1.29, 1.82) is 0 Å². The van der Waals surface area contributed by atoms with E-state index in [1.54, 1.807) is 19.2 Å². The monoisotopic (exact) mass is 274 g/mol. The van der Waals surface area contributed by atoms with Crippen LogP contribution in [0, 0.1) is 5.82 Å². The summed E-state index contributed by atoms with van der Waals surface area (Å²) >= 11 is 0. The van der Waals surface area contributed by atoms with Crippen molar-refractivity contribution in [3.63, 3.8) is 0 Å². The zero-order valence-electron chi connectivity index (χ0n) is 11.3. The summed E-state index contributed by atoms with van der Waals surface area (Å²) in [6.45, 7) is 1.81. The molecule has 2 rings (SSSR count). The zero-order valence-corrected chi connectivity index (χ0v) is 11.3. The lowest BCUT2D eigenvalue weighted by Gasteiger charge is -2.16. The molecule has 0 aliphatic carbocycles. The Morgan fingerprint density at radius 2 is 1.90 bits per heavy atom. The fraction of sp³-hybridized carbons (Fsp3) is 0.200. The number of hydrogen-bond acceptors (Lipinski definition) is 2. The van der Waals surface area contributed by atoms with Gasteiger partial charge in [0.15, 0.2) is 5.78 Å². The Morgan fingerprint density at radius 3 is 2.45 bits per heavy atom. The molecule has 4 nitrogen and oxygen atoms in total. The Hall–Kier alpha value is -2.43. The summed E-state index contributed by atoms with van der Waals surface area (Å²) < 4.78 is 12.8. The molecule has 0 saturated heterocycles. The Balaban J connectivity index is 2.07. The van der Waals surface area contributed by atoms with Gasteiger partial charge in [0.05, 0.1) is 0 Å². The van der Waals surface area contributed by atoms with Crippen LogP contribution in [0.5, 0.6) is 0 Å². The zero-order chi connectivity index (χ0) is 14.7. The highest BCUT2D eigenvalue weighted by atomic mass is 19.1. The van der Waals surface area contributed by atoms with E-state index in [1.165, 1.54) is 36.2 Å². The van der Waals surface area contributed by atoms with Gasteiger partial charge in [0.25, 0.3) is 5.91 Å². The molecule has 0 saturated carbocycles. The Bertz CT molecular complexity index is 632. The average Bonchev–Trinajstić information content (AvgIpc) is 2.90. The summed E-state index contributed by atoms with van der Waals surface area (Å²) in [6, 6.07) is 7.52. The second-order valence-corrected chi connectivity index (χ2v) is 4.65. The first-order chi connectivity index (χ1) is 9.47. The smallest absolute Gasteiger partial charge is 0.270 e. The molecule has 1 aromatic carbocycles. The summed E-state index contributed by atoms with van der Waals surface area (Å²) in [4.78, 5) is 27.6. The van der Waals surface area contributed by atoms with Crippen LogP contribution in [0.2, 0.25) is 0 Å². The van der Waals surface area contributed by atoms with Crippen LogP contribution in [-0.4, -0.2) is 28.6 Å². The number of H-pyrrole nitrogens is 1. The van der Waals surface area contributed by atoms with Gasteiger partial charge in [-0.25, -0.2) is 4.39 Å². The molecule has 0 aliphatic rings. The molecule has 0 spiro atoms. The number of Topliss-reactive ketones (excluding diaryl/α,β-unsaturated/α-hetero) is 1. The molecule has 1 N–H and O–H groups in total. The molecule has 104 valence electrons. The highest BCUT2D eigenvalue weighted by Crippen LogP contribution is 2.10. The molecule has 0 bridgehead atoms. The van der Waals surface area contributed by atoms with Crippen LogP contribution in [0.1, 0.15) is 33.3 Å². The predicted octanol–water partition coefficient (Wildman–Crippen LogP) is 2.63. The highest BCUT2D eigenvalue weighted by Gasteiger charge is 2.15. The van der Waals surface area contributed by atoms with Gasteiger partial charge >= 0.3 is 0 Å². The average molecular weight is 274 g/mol. The first kappa shape index (κ1) is 14.0. The fourth-order valence-electron chi connectivity index (χ4n) is 1.86. The van der Waals surface area contributed by atoms with E-state index in [4.69, 9.17) is 0 Å². The minimum absolute atomic E-state index is 0.0958. The molecule has 0 fully saturated rings. The summed E-state index contributed by atoms with van der Waals surface area (Å²) in [7, 11) is 1.65. The van der Waals surface area contributed by atoms with Crippen LogP contribution >= 0.6 is 0 Å². The van der Waals surface area contributed by atoms with Crippen LogP contribution in [0.15, 0.2) is 36.5 Å². The van der Waals surface area contributed by atoms with Crippen LogP contribution in [-0.2, 0) is 6.54 Å². The summed E-state index contributed by atoms with van der Waals surface area (Å²) in [5, 5.41) is 0. The topological polar surface area (TPSA) is 53.2 Å². The first-order valence-electron chi connectivity index (χ1n) is 6.16. The van der Waals surface area contributed by atoms with Crippen molar-refractivity contribution >= 4 is 11.7 Å². The van der Waals surface area contributed by atoms with Gasteiger partial charge in [0, 0.05) is 25.4 Å². The van der Waals surface area contributed by atoms with Crippen molar-refractivity contribution in [1.82, 2.24) is 9.88 Å². The standard InChI is InChI=1S/C15H15FN2O2/c1-10(19)12-7-14(17-8-12)15(20)18(2)9-11-3-5-13(16)6-4-11/h3-8,17H,9H2,1-2H3. The van der Waals surface area contributed by atoms with Crippen molar-refractivity contribution in [2.24, 2.45) is 0 Å². The van der Waals surface area contributed by atoms with Crippen LogP contribution in [0.4, 0.5) is 4.39 Å². The van der Waals surface area contributed by atoms with Gasteiger partial charge < -0.3 is 9.88 Å². The molecular weight excluding hydrogens is 259 g/mol. The van der Waals surface area contributed by atoms with E-state index in [2.05, 4.69) is 4.98 Å². The van der Waals surface area contributed by atoms with Gasteiger partial charge in [-0.2, -0.15) is 0 Å². The fourth-order valence-corrected chi connectivity index (χ4v) is 1.86. The molecule has 5 heteroatoms. The van der Waals surface area contributed by atoms with E-state index in [1.807, 2.05) is 0 Å². The van der Waals surface area contributed by atoms with E-state index in [-0.39, 0.29) is 17.5 Å². The lowest BCUT2D eigenvalue weighted by Crippen LogP contribution is -2.26. The van der Waals surface area contributed by atoms with E-state index >= 15 is 0 Å². The number of aromatic nitrogens is 1. The molecular formula is C15H15FN2O2. The largest absolute Gasteiger partial charge is 0.356 e. The Labute approximate surface area is 116 Å². The number of amides is 1. The van der Waals surface area contributed by atoms with E-state index in [9.17, 15) is 14.0 Å². The highest BCUT2D eigenvalue weighted by molar-refractivity contribution is 5.98. The molecule has 1 amide bonds. The van der Waals surface area contributed by atoms with Gasteiger partial charge in [0.2, 0.25) is 0 Å². The van der Waals surface area contributed by atoms with Crippen LogP contribution in [0.3, 0.4) is 0 Å². The van der Waals surface area contributed by atoms with Crippen LogP contribution < -0.4 is 0 Å². The number of ketones is 1. The van der Waals surface area contributed by atoms with Crippen LogP contribution in [0.25, 0.3) is 0 Å². The summed E-state index contributed by atoms with van der Waals surface area (Å²) in [5.74, 6) is -0.624. The minimum Gasteiger partial charge on any atom is -0.356 e. The number of rotatable bonds is 4. The summed E-state index contributed by atoms with van der Waals surface area (Å²) in [6.07, 6.45) is 1.52. The molecule has 1 heterocycles. The normalized spacial score (nSPS) is 10.3. The predicted molar refractivity (Wildman–Crippen MR) is 73.0 cm³/mol. The number of aromatic amines is 1. The third-order valence-corrected chi connectivity index (χ3v) is 3.00. The van der Waals surface area contributed by atoms with Gasteiger partial charge in [-0.3, -0.25) is 9.59 Å². The number of hydrogen-bond donors (Lipinski definition) is 1. The maximum absolute atomic E-state index is 12.8. The van der Waals surface area contributed by atoms with E-state index in [0.29, 0.717) is 17.8 Å².